The second-order valence-corrected chi connectivity index (χ2v) is 5.65. The molecule has 2 rings (SSSR count). The lowest BCUT2D eigenvalue weighted by Crippen LogP contribution is -2.41. The number of carbonyl (C=O) groups is 1. The largest absolute Gasteiger partial charge is 0.468 e. The molecular formula is C16H23NO2. The average Bonchev–Trinajstić information content (AvgIpc) is 3.23. The third-order valence-corrected chi connectivity index (χ3v) is 3.65. The number of methoxy groups -OCH3 is 1. The summed E-state index contributed by atoms with van der Waals surface area (Å²) in [4.78, 5) is 11.7. The molecule has 1 atom stereocenters. The predicted molar refractivity (Wildman–Crippen MR) is 75.9 cm³/mol. The monoisotopic (exact) mass is 261 g/mol. The molecule has 1 fully saturated rings. The molecule has 3 nitrogen and oxygen atoms in total. The van der Waals surface area contributed by atoms with Crippen molar-refractivity contribution in [1.29, 1.82) is 0 Å². The molecule has 0 aliphatic heterocycles. The third kappa shape index (κ3) is 3.80. The Morgan fingerprint density at radius 2 is 2.16 bits per heavy atom. The molecule has 3 heteroatoms. The van der Waals surface area contributed by atoms with E-state index < -0.39 is 0 Å². The molecule has 0 saturated heterocycles. The van der Waals surface area contributed by atoms with Crippen LogP contribution < -0.4 is 5.32 Å². The predicted octanol–water partition coefficient (Wildman–Crippen LogP) is 2.85. The number of ether oxygens (including phenoxy) is 1. The molecule has 1 saturated carbocycles. The summed E-state index contributed by atoms with van der Waals surface area (Å²) in [6, 6.07) is 8.41. The summed E-state index contributed by atoms with van der Waals surface area (Å²) in [5, 5.41) is 3.30. The van der Waals surface area contributed by atoms with Gasteiger partial charge in [0.15, 0.2) is 0 Å². The molecule has 1 aromatic carbocycles. The van der Waals surface area contributed by atoms with Crippen LogP contribution in [0.4, 0.5) is 0 Å². The van der Waals surface area contributed by atoms with E-state index in [-0.39, 0.29) is 17.9 Å². The van der Waals surface area contributed by atoms with Gasteiger partial charge in [0.25, 0.3) is 0 Å². The highest BCUT2D eigenvalue weighted by molar-refractivity contribution is 5.75. The second kappa shape index (κ2) is 6.20. The fraction of sp³-hybridized carbons (Fsp3) is 0.562. The molecule has 0 spiro atoms. The zero-order valence-electron chi connectivity index (χ0n) is 12.0. The van der Waals surface area contributed by atoms with Gasteiger partial charge in [-0.25, -0.2) is 0 Å². The first-order chi connectivity index (χ1) is 9.11. The minimum absolute atomic E-state index is 0.187. The summed E-state index contributed by atoms with van der Waals surface area (Å²) in [7, 11) is 1.44. The van der Waals surface area contributed by atoms with Crippen molar-refractivity contribution in [2.45, 2.75) is 45.2 Å². The quantitative estimate of drug-likeness (QED) is 0.800. The summed E-state index contributed by atoms with van der Waals surface area (Å²) in [5.74, 6) is 0.800. The Labute approximate surface area is 115 Å². The highest BCUT2D eigenvalue weighted by Gasteiger charge is 2.24. The van der Waals surface area contributed by atoms with Gasteiger partial charge in [0.05, 0.1) is 7.11 Å². The number of carbonyl (C=O) groups excluding carboxylic acids is 1. The first-order valence-electron chi connectivity index (χ1n) is 7.02. The Morgan fingerprint density at radius 3 is 2.74 bits per heavy atom. The zero-order chi connectivity index (χ0) is 13.8. The van der Waals surface area contributed by atoms with Gasteiger partial charge < -0.3 is 10.1 Å². The van der Waals surface area contributed by atoms with Crippen LogP contribution in [0.2, 0.25) is 0 Å². The molecule has 0 amide bonds. The summed E-state index contributed by atoms with van der Waals surface area (Å²) in [5.41, 5.74) is 2.66. The molecule has 104 valence electrons. The molecular weight excluding hydrogens is 238 g/mol. The van der Waals surface area contributed by atoms with Crippen molar-refractivity contribution in [1.82, 2.24) is 5.32 Å². The van der Waals surface area contributed by atoms with Crippen LogP contribution in [0.25, 0.3) is 0 Å². The van der Waals surface area contributed by atoms with Gasteiger partial charge in [0.1, 0.15) is 6.04 Å². The van der Waals surface area contributed by atoms with Crippen molar-refractivity contribution >= 4 is 5.97 Å². The minimum Gasteiger partial charge on any atom is -0.468 e. The maximum absolute atomic E-state index is 11.7. The SMILES string of the molecule is COC(=O)C(NCc1cccc(C2CC2)c1)C(C)C. The van der Waals surface area contributed by atoms with Gasteiger partial charge >= 0.3 is 5.97 Å². The number of nitrogens with one attached hydrogen (secondary N) is 1. The van der Waals surface area contributed by atoms with E-state index in [0.717, 1.165) is 5.92 Å². The average molecular weight is 261 g/mol. The van der Waals surface area contributed by atoms with Crippen LogP contribution in [0, 0.1) is 5.92 Å². The van der Waals surface area contributed by atoms with Crippen molar-refractivity contribution < 1.29 is 9.53 Å². The molecule has 1 N–H and O–H groups in total. The molecule has 0 bridgehead atoms. The lowest BCUT2D eigenvalue weighted by molar-refractivity contribution is -0.144. The third-order valence-electron chi connectivity index (χ3n) is 3.65. The number of esters is 1. The van der Waals surface area contributed by atoms with E-state index in [0.29, 0.717) is 6.54 Å². The molecule has 1 aromatic rings. The Balaban J connectivity index is 1.96. The Bertz CT molecular complexity index is 438. The van der Waals surface area contributed by atoms with Gasteiger partial charge in [-0.3, -0.25) is 4.79 Å². The van der Waals surface area contributed by atoms with Crippen molar-refractivity contribution in [2.75, 3.05) is 7.11 Å². The van der Waals surface area contributed by atoms with E-state index in [1.165, 1.54) is 31.1 Å². The fourth-order valence-electron chi connectivity index (χ4n) is 2.32. The molecule has 0 heterocycles. The number of hydrogen-bond acceptors (Lipinski definition) is 3. The zero-order valence-corrected chi connectivity index (χ0v) is 12.0. The fourth-order valence-corrected chi connectivity index (χ4v) is 2.32. The maximum atomic E-state index is 11.7. The van der Waals surface area contributed by atoms with Crippen molar-refractivity contribution in [3.8, 4) is 0 Å². The molecule has 1 unspecified atom stereocenters. The number of benzene rings is 1. The van der Waals surface area contributed by atoms with Crippen LogP contribution in [-0.2, 0) is 16.1 Å². The van der Waals surface area contributed by atoms with Gasteiger partial charge in [-0.15, -0.1) is 0 Å². The van der Waals surface area contributed by atoms with E-state index >= 15 is 0 Å². The number of rotatable bonds is 6. The minimum atomic E-state index is -0.241. The van der Waals surface area contributed by atoms with E-state index in [4.69, 9.17) is 4.74 Å². The summed E-state index contributed by atoms with van der Waals surface area (Å²) >= 11 is 0. The first-order valence-corrected chi connectivity index (χ1v) is 7.02. The number of hydrogen-bond donors (Lipinski definition) is 1. The van der Waals surface area contributed by atoms with E-state index in [2.05, 4.69) is 29.6 Å². The van der Waals surface area contributed by atoms with Crippen LogP contribution in [0.15, 0.2) is 24.3 Å². The topological polar surface area (TPSA) is 38.3 Å². The van der Waals surface area contributed by atoms with Crippen LogP contribution in [0.5, 0.6) is 0 Å². The standard InChI is InChI=1S/C16H23NO2/c1-11(2)15(16(18)19-3)17-10-12-5-4-6-14(9-12)13-7-8-13/h4-6,9,11,13,15,17H,7-8,10H2,1-3H3. The molecule has 0 radical (unpaired) electrons. The van der Waals surface area contributed by atoms with Crippen LogP contribution >= 0.6 is 0 Å². The summed E-state index contributed by atoms with van der Waals surface area (Å²) in [6.45, 7) is 4.75. The van der Waals surface area contributed by atoms with Gasteiger partial charge in [0.2, 0.25) is 0 Å². The van der Waals surface area contributed by atoms with Gasteiger partial charge in [-0.1, -0.05) is 38.1 Å². The van der Waals surface area contributed by atoms with Crippen LogP contribution in [0.1, 0.15) is 43.7 Å². The Kier molecular flexibility index (Phi) is 4.59. The van der Waals surface area contributed by atoms with E-state index in [1.807, 2.05) is 13.8 Å². The molecule has 1 aliphatic rings. The Hall–Kier alpha value is -1.35. The van der Waals surface area contributed by atoms with Crippen molar-refractivity contribution in [3.05, 3.63) is 35.4 Å². The van der Waals surface area contributed by atoms with E-state index in [9.17, 15) is 4.79 Å². The normalized spacial score (nSPS) is 16.4. The first kappa shape index (κ1) is 14.1. The molecule has 0 aromatic heterocycles. The Morgan fingerprint density at radius 1 is 1.42 bits per heavy atom. The highest BCUT2D eigenvalue weighted by Crippen LogP contribution is 2.40. The van der Waals surface area contributed by atoms with Gasteiger partial charge in [-0.2, -0.15) is 0 Å². The molecule has 19 heavy (non-hydrogen) atoms. The van der Waals surface area contributed by atoms with Crippen LogP contribution in [-0.4, -0.2) is 19.1 Å². The molecule has 1 aliphatic carbocycles. The lowest BCUT2D eigenvalue weighted by Gasteiger charge is -2.20. The maximum Gasteiger partial charge on any atom is 0.323 e. The van der Waals surface area contributed by atoms with Crippen molar-refractivity contribution in [2.24, 2.45) is 5.92 Å². The van der Waals surface area contributed by atoms with Gasteiger partial charge in [-0.05, 0) is 35.8 Å². The summed E-state index contributed by atoms with van der Waals surface area (Å²) < 4.78 is 4.83. The van der Waals surface area contributed by atoms with Crippen LogP contribution in [0.3, 0.4) is 0 Å². The van der Waals surface area contributed by atoms with E-state index in [1.54, 1.807) is 0 Å². The lowest BCUT2D eigenvalue weighted by atomic mass is 10.0. The van der Waals surface area contributed by atoms with Crippen molar-refractivity contribution in [3.63, 3.8) is 0 Å². The smallest absolute Gasteiger partial charge is 0.323 e. The van der Waals surface area contributed by atoms with Gasteiger partial charge in [0, 0.05) is 6.54 Å². The summed E-state index contributed by atoms with van der Waals surface area (Å²) in [6.07, 6.45) is 2.63. The highest BCUT2D eigenvalue weighted by atomic mass is 16.5. The second-order valence-electron chi connectivity index (χ2n) is 5.65.